The number of hydrazine groups is 2. The highest BCUT2D eigenvalue weighted by molar-refractivity contribution is 7.80. The molecule has 2 aromatic heterocycles. The monoisotopic (exact) mass is 378 g/mol. The van der Waals surface area contributed by atoms with Crippen LogP contribution in [-0.4, -0.2) is 51.1 Å². The van der Waals surface area contributed by atoms with E-state index < -0.39 is 11.8 Å². The van der Waals surface area contributed by atoms with Gasteiger partial charge in [0.2, 0.25) is 16.9 Å². The largest absolute Gasteiger partial charge is 0.480 e. The molecule has 2 aromatic rings. The molecule has 0 saturated carbocycles. The van der Waals surface area contributed by atoms with Gasteiger partial charge in [-0.2, -0.15) is 0 Å². The fourth-order valence-electron chi connectivity index (χ4n) is 1.50. The Morgan fingerprint density at radius 3 is 1.62 bits per heavy atom. The summed E-state index contributed by atoms with van der Waals surface area (Å²) < 4.78 is 9.75. The number of carbonyl (C=O) groups excluding carboxylic acids is 2. The molecule has 0 spiro atoms. The molecule has 0 fully saturated rings. The molecule has 2 amide bonds. The summed E-state index contributed by atoms with van der Waals surface area (Å²) in [6.45, 7) is 0. The number of amides is 2. The molecular weight excluding hydrogens is 364 g/mol. The normalized spacial score (nSPS) is 9.62. The van der Waals surface area contributed by atoms with Gasteiger partial charge >= 0.3 is 0 Å². The second-order valence-electron chi connectivity index (χ2n) is 4.38. The number of aromatic nitrogens is 4. The Balaban J connectivity index is 1.81. The smallest absolute Gasteiger partial charge is 0.290 e. The van der Waals surface area contributed by atoms with Crippen molar-refractivity contribution in [1.82, 2.24) is 41.6 Å². The molecule has 136 valence electrons. The lowest BCUT2D eigenvalue weighted by Crippen LogP contribution is -2.52. The van der Waals surface area contributed by atoms with Gasteiger partial charge < -0.3 is 9.47 Å². The van der Waals surface area contributed by atoms with Crippen molar-refractivity contribution in [1.29, 1.82) is 0 Å². The Kier molecular flexibility index (Phi) is 6.50. The Bertz CT molecular complexity index is 753. The third kappa shape index (κ3) is 5.20. The van der Waals surface area contributed by atoms with E-state index in [1.165, 1.54) is 39.0 Å². The van der Waals surface area contributed by atoms with Crippen molar-refractivity contribution in [2.45, 2.75) is 0 Å². The molecule has 0 atom stereocenters. The molecule has 0 aromatic carbocycles. The predicted octanol–water partition coefficient (Wildman–Crippen LogP) is -1.26. The van der Waals surface area contributed by atoms with Crippen molar-refractivity contribution in [2.24, 2.45) is 0 Å². The molecule has 0 radical (unpaired) electrons. The second kappa shape index (κ2) is 9.03. The number of thiocarbonyl (C=S) groups is 1. The van der Waals surface area contributed by atoms with E-state index in [0.29, 0.717) is 0 Å². The van der Waals surface area contributed by atoms with Crippen LogP contribution in [0, 0.1) is 0 Å². The van der Waals surface area contributed by atoms with E-state index >= 15 is 0 Å². The Morgan fingerprint density at radius 2 is 1.23 bits per heavy atom. The van der Waals surface area contributed by atoms with Crippen molar-refractivity contribution < 1.29 is 19.1 Å². The van der Waals surface area contributed by atoms with E-state index in [1.54, 1.807) is 0 Å². The Hall–Kier alpha value is -3.61. The number of rotatable bonds is 4. The molecule has 0 saturated heterocycles. The summed E-state index contributed by atoms with van der Waals surface area (Å²) in [5, 5.41) is -0.0848. The van der Waals surface area contributed by atoms with Crippen LogP contribution in [-0.2, 0) is 0 Å². The molecule has 0 aliphatic carbocycles. The van der Waals surface area contributed by atoms with Crippen LogP contribution in [0.3, 0.4) is 0 Å². The van der Waals surface area contributed by atoms with Gasteiger partial charge in [0.15, 0.2) is 11.4 Å². The van der Waals surface area contributed by atoms with Crippen LogP contribution in [0.1, 0.15) is 21.0 Å². The summed E-state index contributed by atoms with van der Waals surface area (Å²) in [5.41, 5.74) is 9.35. The molecule has 0 bridgehead atoms. The zero-order valence-electron chi connectivity index (χ0n) is 13.6. The van der Waals surface area contributed by atoms with E-state index in [1.807, 2.05) is 0 Å². The van der Waals surface area contributed by atoms with Gasteiger partial charge in [-0.15, -0.1) is 0 Å². The summed E-state index contributed by atoms with van der Waals surface area (Å²) in [5.74, 6) is -0.842. The van der Waals surface area contributed by atoms with E-state index in [4.69, 9.17) is 21.7 Å². The topological polar surface area (TPSA) is 152 Å². The number of methoxy groups -OCH3 is 2. The fourth-order valence-corrected chi connectivity index (χ4v) is 1.60. The third-order valence-corrected chi connectivity index (χ3v) is 2.89. The first kappa shape index (κ1) is 18.7. The second-order valence-corrected chi connectivity index (χ2v) is 4.79. The van der Waals surface area contributed by atoms with Gasteiger partial charge in [0, 0.05) is 0 Å². The molecule has 12 nitrogen and oxygen atoms in total. The van der Waals surface area contributed by atoms with Crippen LogP contribution in [0.15, 0.2) is 24.8 Å². The van der Waals surface area contributed by atoms with Gasteiger partial charge in [-0.25, -0.2) is 9.97 Å². The number of hydrogen-bond donors (Lipinski definition) is 4. The van der Waals surface area contributed by atoms with E-state index in [0.717, 1.165) is 0 Å². The van der Waals surface area contributed by atoms with Gasteiger partial charge in [-0.1, -0.05) is 0 Å². The summed E-state index contributed by atoms with van der Waals surface area (Å²) in [7, 11) is 2.80. The number of hydrogen-bond acceptors (Lipinski definition) is 9. The first-order valence-electron chi connectivity index (χ1n) is 6.92. The standard InChI is InChI=1S/C13H14N8O4S/c1-24-9-5-14-3-7(16-9)11(22)18-20-13(26)21-19-12(23)8-4-15-6-10(17-8)25-2/h3-6H,1-2H3,(H,18,22)(H,19,23)(H2,20,21,26). The van der Waals surface area contributed by atoms with Crippen molar-refractivity contribution in [3.05, 3.63) is 36.2 Å². The molecular formula is C13H14N8O4S. The zero-order chi connectivity index (χ0) is 18.9. The van der Waals surface area contributed by atoms with E-state index in [-0.39, 0.29) is 28.3 Å². The van der Waals surface area contributed by atoms with Crippen LogP contribution < -0.4 is 31.2 Å². The maximum atomic E-state index is 11.9. The molecule has 13 heteroatoms. The minimum absolute atomic E-state index is 0.00957. The zero-order valence-corrected chi connectivity index (χ0v) is 14.5. The van der Waals surface area contributed by atoms with Crippen LogP contribution in [0.25, 0.3) is 0 Å². The lowest BCUT2D eigenvalue weighted by Gasteiger charge is -2.12. The lowest BCUT2D eigenvalue weighted by atomic mass is 10.4. The van der Waals surface area contributed by atoms with Gasteiger partial charge in [-0.05, 0) is 12.2 Å². The first-order chi connectivity index (χ1) is 12.5. The highest BCUT2D eigenvalue weighted by Gasteiger charge is 2.11. The molecule has 26 heavy (non-hydrogen) atoms. The third-order valence-electron chi connectivity index (χ3n) is 2.69. The fraction of sp³-hybridized carbons (Fsp3) is 0.154. The Labute approximate surface area is 152 Å². The van der Waals surface area contributed by atoms with Gasteiger partial charge in [0.25, 0.3) is 11.8 Å². The molecule has 0 aliphatic heterocycles. The van der Waals surface area contributed by atoms with Crippen LogP contribution in [0.2, 0.25) is 0 Å². The molecule has 0 unspecified atom stereocenters. The minimum atomic E-state index is -0.606. The highest BCUT2D eigenvalue weighted by Crippen LogP contribution is 2.04. The van der Waals surface area contributed by atoms with E-state index in [9.17, 15) is 9.59 Å². The quantitative estimate of drug-likeness (QED) is 0.372. The SMILES string of the molecule is COc1cncc(C(=O)NNC(=S)NNC(=O)c2cncc(OC)n2)n1. The van der Waals surface area contributed by atoms with Gasteiger partial charge in [0.1, 0.15) is 0 Å². The minimum Gasteiger partial charge on any atom is -0.480 e. The number of nitrogens with zero attached hydrogens (tertiary/aromatic N) is 4. The maximum absolute atomic E-state index is 11.9. The number of carbonyl (C=O) groups is 2. The summed E-state index contributed by atoms with van der Waals surface area (Å²) in [4.78, 5) is 39.2. The summed E-state index contributed by atoms with van der Waals surface area (Å²) in [6, 6.07) is 0. The van der Waals surface area contributed by atoms with Gasteiger partial charge in [-0.3, -0.25) is 41.3 Å². The van der Waals surface area contributed by atoms with Crippen LogP contribution in [0.4, 0.5) is 0 Å². The van der Waals surface area contributed by atoms with Crippen LogP contribution in [0.5, 0.6) is 11.8 Å². The summed E-state index contributed by atoms with van der Waals surface area (Å²) in [6.07, 6.45) is 5.21. The average Bonchev–Trinajstić information content (AvgIpc) is 2.70. The number of ether oxygens (including phenoxy) is 2. The molecule has 2 rings (SSSR count). The Morgan fingerprint density at radius 1 is 0.808 bits per heavy atom. The molecule has 0 aliphatic rings. The maximum Gasteiger partial charge on any atom is 0.290 e. The van der Waals surface area contributed by atoms with Crippen molar-refractivity contribution in [2.75, 3.05) is 14.2 Å². The summed E-state index contributed by atoms with van der Waals surface area (Å²) >= 11 is 4.91. The average molecular weight is 378 g/mol. The molecule has 4 N–H and O–H groups in total. The van der Waals surface area contributed by atoms with Crippen molar-refractivity contribution >= 4 is 29.1 Å². The van der Waals surface area contributed by atoms with Crippen molar-refractivity contribution in [3.8, 4) is 11.8 Å². The predicted molar refractivity (Wildman–Crippen MR) is 91.0 cm³/mol. The molecule has 2 heterocycles. The lowest BCUT2D eigenvalue weighted by molar-refractivity contribution is 0.0937. The first-order valence-corrected chi connectivity index (χ1v) is 7.33. The number of nitrogens with one attached hydrogen (secondary N) is 4. The highest BCUT2D eigenvalue weighted by atomic mass is 32.1. The van der Waals surface area contributed by atoms with Gasteiger partial charge in [0.05, 0.1) is 39.0 Å². The van der Waals surface area contributed by atoms with Crippen molar-refractivity contribution in [3.63, 3.8) is 0 Å². The van der Waals surface area contributed by atoms with Crippen LogP contribution >= 0.6 is 12.2 Å². The van der Waals surface area contributed by atoms with E-state index in [2.05, 4.69) is 41.6 Å².